The van der Waals surface area contributed by atoms with Crippen LogP contribution in [0, 0.1) is 0 Å². The van der Waals surface area contributed by atoms with Crippen molar-refractivity contribution in [2.45, 2.75) is 25.9 Å². The van der Waals surface area contributed by atoms with Crippen molar-refractivity contribution in [1.82, 2.24) is 9.80 Å². The average molecular weight is 359 g/mol. The summed E-state index contributed by atoms with van der Waals surface area (Å²) in [4.78, 5) is 4.50. The van der Waals surface area contributed by atoms with Crippen LogP contribution in [0.2, 0.25) is 0 Å². The maximum Gasteiger partial charge on any atom is 0.119 e. The molecule has 1 unspecified atom stereocenters. The van der Waals surface area contributed by atoms with Crippen molar-refractivity contribution in [3.63, 3.8) is 0 Å². The predicted octanol–water partition coefficient (Wildman–Crippen LogP) is 1.41. The van der Waals surface area contributed by atoms with Gasteiger partial charge >= 0.3 is 0 Å². The molecule has 0 bridgehead atoms. The summed E-state index contributed by atoms with van der Waals surface area (Å²) in [6.45, 7) is 7.86. The Bertz CT molecular complexity index is 436. The first-order chi connectivity index (χ1) is 11.2. The van der Waals surface area contributed by atoms with Gasteiger partial charge in [0.25, 0.3) is 0 Å². The van der Waals surface area contributed by atoms with Crippen molar-refractivity contribution in [2.75, 3.05) is 52.5 Å². The topological polar surface area (TPSA) is 56.2 Å². The number of piperazine rings is 1. The molecule has 0 aliphatic carbocycles. The molecule has 2 rings (SSSR count). The Labute approximate surface area is 151 Å². The monoisotopic (exact) mass is 358 g/mol. The van der Waals surface area contributed by atoms with Crippen LogP contribution in [0.15, 0.2) is 24.3 Å². The average Bonchev–Trinajstić information content (AvgIpc) is 2.57. The summed E-state index contributed by atoms with van der Waals surface area (Å²) in [7, 11) is 0. The minimum atomic E-state index is -0.477. The van der Waals surface area contributed by atoms with E-state index in [9.17, 15) is 5.11 Å². The number of aliphatic hydroxyl groups excluding tert-OH is 2. The van der Waals surface area contributed by atoms with E-state index in [4.69, 9.17) is 9.84 Å². The number of halogens is 1. The minimum Gasteiger partial charge on any atom is -0.491 e. The Hall–Kier alpha value is -0.850. The van der Waals surface area contributed by atoms with E-state index < -0.39 is 6.10 Å². The second kappa shape index (κ2) is 11.7. The van der Waals surface area contributed by atoms with Crippen LogP contribution < -0.4 is 4.74 Å². The summed E-state index contributed by atoms with van der Waals surface area (Å²) in [6.07, 6.45) is 1.75. The number of aliphatic hydroxyl groups is 2. The number of nitrogens with zero attached hydrogens (tertiary/aromatic N) is 2. The van der Waals surface area contributed by atoms with Crippen LogP contribution >= 0.6 is 12.4 Å². The molecular formula is C18H31ClN2O3. The summed E-state index contributed by atoms with van der Waals surface area (Å²) in [6, 6.07) is 8.13. The van der Waals surface area contributed by atoms with Crippen LogP contribution in [0.1, 0.15) is 18.9 Å². The third-order valence-electron chi connectivity index (χ3n) is 4.25. The second-order valence-electron chi connectivity index (χ2n) is 6.22. The Morgan fingerprint density at radius 1 is 1.08 bits per heavy atom. The first kappa shape index (κ1) is 21.2. The summed E-state index contributed by atoms with van der Waals surface area (Å²) >= 11 is 0. The van der Waals surface area contributed by atoms with Gasteiger partial charge in [0.05, 0.1) is 6.61 Å². The van der Waals surface area contributed by atoms with Gasteiger partial charge in [-0.25, -0.2) is 0 Å². The van der Waals surface area contributed by atoms with Crippen molar-refractivity contribution in [1.29, 1.82) is 0 Å². The smallest absolute Gasteiger partial charge is 0.119 e. The van der Waals surface area contributed by atoms with E-state index in [0.717, 1.165) is 51.3 Å². The highest BCUT2D eigenvalue weighted by atomic mass is 35.5. The van der Waals surface area contributed by atoms with Crippen LogP contribution in [0.5, 0.6) is 5.75 Å². The number of hydrogen-bond donors (Lipinski definition) is 2. The van der Waals surface area contributed by atoms with Crippen molar-refractivity contribution < 1.29 is 14.9 Å². The molecule has 138 valence electrons. The van der Waals surface area contributed by atoms with Crippen LogP contribution in [-0.4, -0.2) is 78.6 Å². The molecule has 2 N–H and O–H groups in total. The van der Waals surface area contributed by atoms with Gasteiger partial charge in [-0.15, -0.1) is 12.4 Å². The van der Waals surface area contributed by atoms with E-state index >= 15 is 0 Å². The Morgan fingerprint density at radius 3 is 2.29 bits per heavy atom. The zero-order valence-corrected chi connectivity index (χ0v) is 15.4. The van der Waals surface area contributed by atoms with Crippen LogP contribution in [0.4, 0.5) is 0 Å². The van der Waals surface area contributed by atoms with Gasteiger partial charge in [0.1, 0.15) is 18.5 Å². The minimum absolute atomic E-state index is 0. The second-order valence-corrected chi connectivity index (χ2v) is 6.22. The molecule has 1 aromatic rings. The van der Waals surface area contributed by atoms with E-state index in [1.165, 1.54) is 5.56 Å². The third kappa shape index (κ3) is 7.36. The van der Waals surface area contributed by atoms with Crippen LogP contribution in [-0.2, 0) is 6.42 Å². The predicted molar refractivity (Wildman–Crippen MR) is 99.2 cm³/mol. The maximum atomic E-state index is 10.2. The summed E-state index contributed by atoms with van der Waals surface area (Å²) in [5.74, 6) is 0.816. The molecule has 0 amide bonds. The molecule has 0 saturated carbocycles. The molecule has 0 aromatic heterocycles. The highest BCUT2D eigenvalue weighted by Crippen LogP contribution is 2.14. The Balaban J connectivity index is 0.00000288. The Morgan fingerprint density at radius 2 is 1.71 bits per heavy atom. The van der Waals surface area contributed by atoms with Crippen molar-refractivity contribution in [2.24, 2.45) is 0 Å². The van der Waals surface area contributed by atoms with Gasteiger partial charge in [0, 0.05) is 39.3 Å². The van der Waals surface area contributed by atoms with Gasteiger partial charge in [-0.05, 0) is 24.1 Å². The zero-order chi connectivity index (χ0) is 16.5. The van der Waals surface area contributed by atoms with Crippen molar-refractivity contribution in [3.8, 4) is 5.75 Å². The lowest BCUT2D eigenvalue weighted by Gasteiger charge is -2.35. The fraction of sp³-hybridized carbons (Fsp3) is 0.667. The summed E-state index contributed by atoms with van der Waals surface area (Å²) in [5.41, 5.74) is 1.32. The van der Waals surface area contributed by atoms with E-state index in [1.54, 1.807) is 0 Å². The molecule has 1 saturated heterocycles. The summed E-state index contributed by atoms with van der Waals surface area (Å²) < 4.78 is 5.68. The Kier molecular flexibility index (Phi) is 10.3. The number of β-amino-alcohol motifs (C(OH)–C–C–N with tert-alkyl or cyclic N) is 2. The van der Waals surface area contributed by atoms with E-state index in [1.807, 2.05) is 12.1 Å². The molecule has 24 heavy (non-hydrogen) atoms. The third-order valence-corrected chi connectivity index (χ3v) is 4.25. The zero-order valence-electron chi connectivity index (χ0n) is 14.6. The van der Waals surface area contributed by atoms with E-state index in [-0.39, 0.29) is 19.0 Å². The normalized spacial score (nSPS) is 17.3. The molecule has 1 aliphatic rings. The molecule has 6 heteroatoms. The largest absolute Gasteiger partial charge is 0.491 e. The van der Waals surface area contributed by atoms with Crippen molar-refractivity contribution in [3.05, 3.63) is 29.8 Å². The number of rotatable bonds is 9. The van der Waals surface area contributed by atoms with Gasteiger partial charge in [-0.3, -0.25) is 9.80 Å². The molecule has 0 spiro atoms. The van der Waals surface area contributed by atoms with Gasteiger partial charge in [0.2, 0.25) is 0 Å². The van der Waals surface area contributed by atoms with E-state index in [2.05, 4.69) is 28.9 Å². The highest BCUT2D eigenvalue weighted by molar-refractivity contribution is 5.85. The van der Waals surface area contributed by atoms with Crippen molar-refractivity contribution >= 4 is 12.4 Å². The SMILES string of the molecule is CCCc1ccc(OCC(O)CN2CCN(CCO)CC2)cc1.Cl. The lowest BCUT2D eigenvalue weighted by atomic mass is 10.1. The molecular weight excluding hydrogens is 328 g/mol. The molecule has 0 radical (unpaired) electrons. The number of ether oxygens (including phenoxy) is 1. The lowest BCUT2D eigenvalue weighted by molar-refractivity contribution is 0.0428. The first-order valence-electron chi connectivity index (χ1n) is 8.66. The van der Waals surface area contributed by atoms with Gasteiger partial charge in [0.15, 0.2) is 0 Å². The fourth-order valence-corrected chi connectivity index (χ4v) is 2.92. The molecule has 5 nitrogen and oxygen atoms in total. The van der Waals surface area contributed by atoms with Crippen LogP contribution in [0.25, 0.3) is 0 Å². The number of hydrogen-bond acceptors (Lipinski definition) is 5. The lowest BCUT2D eigenvalue weighted by Crippen LogP contribution is -2.49. The van der Waals surface area contributed by atoms with E-state index in [0.29, 0.717) is 13.2 Å². The fourth-order valence-electron chi connectivity index (χ4n) is 2.92. The van der Waals surface area contributed by atoms with Gasteiger partial charge in [-0.2, -0.15) is 0 Å². The van der Waals surface area contributed by atoms with Gasteiger partial charge < -0.3 is 14.9 Å². The summed E-state index contributed by atoms with van der Waals surface area (Å²) in [5, 5.41) is 19.1. The number of aryl methyl sites for hydroxylation is 1. The first-order valence-corrected chi connectivity index (χ1v) is 8.66. The molecule has 1 fully saturated rings. The standard InChI is InChI=1S/C18H30N2O3.ClH/c1-2-3-16-4-6-18(7-5-16)23-15-17(22)14-20-10-8-19(9-11-20)12-13-21;/h4-7,17,21-22H,2-3,8-15H2,1H3;1H. The van der Waals surface area contributed by atoms with Crippen LogP contribution in [0.3, 0.4) is 0 Å². The maximum absolute atomic E-state index is 10.2. The van der Waals surface area contributed by atoms with Gasteiger partial charge in [-0.1, -0.05) is 25.5 Å². The quantitative estimate of drug-likeness (QED) is 0.699. The highest BCUT2D eigenvalue weighted by Gasteiger charge is 2.19. The molecule has 1 aromatic carbocycles. The molecule has 1 atom stereocenters. The molecule has 1 aliphatic heterocycles. The molecule has 1 heterocycles. The number of benzene rings is 1.